The van der Waals surface area contributed by atoms with Crippen LogP contribution in [0.3, 0.4) is 0 Å². The first-order valence-electron chi connectivity index (χ1n) is 9.60. The third-order valence-electron chi connectivity index (χ3n) is 5.28. The number of aromatic nitrogens is 2. The van der Waals surface area contributed by atoms with Gasteiger partial charge in [0.15, 0.2) is 0 Å². The SMILES string of the molecule is CC(C)(C)n1cc(NC(=O)c2ccc(C3CC3NCC3CC3)cc2)cn1. The summed E-state index contributed by atoms with van der Waals surface area (Å²) in [7, 11) is 0. The Morgan fingerprint density at radius 2 is 1.96 bits per heavy atom. The van der Waals surface area contributed by atoms with Gasteiger partial charge in [0.2, 0.25) is 0 Å². The third-order valence-corrected chi connectivity index (χ3v) is 5.28. The Balaban J connectivity index is 1.33. The predicted octanol–water partition coefficient (Wildman–Crippen LogP) is 3.75. The second kappa shape index (κ2) is 6.54. The molecule has 0 spiro atoms. The highest BCUT2D eigenvalue weighted by Gasteiger charge is 2.38. The van der Waals surface area contributed by atoms with E-state index < -0.39 is 0 Å². The summed E-state index contributed by atoms with van der Waals surface area (Å²) in [4.78, 5) is 12.5. The van der Waals surface area contributed by atoms with Gasteiger partial charge in [0, 0.05) is 23.7 Å². The number of nitrogens with zero attached hydrogens (tertiary/aromatic N) is 2. The minimum Gasteiger partial charge on any atom is -0.319 e. The fourth-order valence-electron chi connectivity index (χ4n) is 3.27. The lowest BCUT2D eigenvalue weighted by atomic mass is 10.1. The molecule has 1 aromatic carbocycles. The average molecular weight is 352 g/mol. The number of hydrogen-bond donors (Lipinski definition) is 2. The van der Waals surface area contributed by atoms with Crippen molar-refractivity contribution in [2.75, 3.05) is 11.9 Å². The van der Waals surface area contributed by atoms with Crippen LogP contribution in [-0.4, -0.2) is 28.3 Å². The molecular formula is C21H28N4O. The van der Waals surface area contributed by atoms with Crippen LogP contribution in [0, 0.1) is 5.92 Å². The van der Waals surface area contributed by atoms with Crippen LogP contribution in [-0.2, 0) is 5.54 Å². The molecule has 4 rings (SSSR count). The van der Waals surface area contributed by atoms with Crippen LogP contribution in [0.25, 0.3) is 0 Å². The Morgan fingerprint density at radius 3 is 2.58 bits per heavy atom. The summed E-state index contributed by atoms with van der Waals surface area (Å²) in [6.07, 6.45) is 7.56. The molecule has 138 valence electrons. The van der Waals surface area contributed by atoms with Gasteiger partial charge in [-0.25, -0.2) is 0 Å². The first-order chi connectivity index (χ1) is 12.4. The van der Waals surface area contributed by atoms with Crippen molar-refractivity contribution in [1.29, 1.82) is 0 Å². The van der Waals surface area contributed by atoms with E-state index in [4.69, 9.17) is 0 Å². The summed E-state index contributed by atoms with van der Waals surface area (Å²) in [5.74, 6) is 1.44. The first-order valence-corrected chi connectivity index (χ1v) is 9.60. The van der Waals surface area contributed by atoms with Gasteiger partial charge in [0.1, 0.15) is 0 Å². The summed E-state index contributed by atoms with van der Waals surface area (Å²) in [6, 6.07) is 8.66. The molecule has 2 N–H and O–H groups in total. The second-order valence-electron chi connectivity index (χ2n) is 8.72. The topological polar surface area (TPSA) is 59.0 Å². The molecule has 0 aliphatic heterocycles. The number of carbonyl (C=O) groups excluding carboxylic acids is 1. The van der Waals surface area contributed by atoms with E-state index in [-0.39, 0.29) is 11.4 Å². The third kappa shape index (κ3) is 3.98. The molecule has 1 amide bonds. The highest BCUT2D eigenvalue weighted by atomic mass is 16.1. The molecule has 0 saturated heterocycles. The molecule has 5 nitrogen and oxygen atoms in total. The highest BCUT2D eigenvalue weighted by Crippen LogP contribution is 2.41. The molecule has 2 aliphatic rings. The van der Waals surface area contributed by atoms with Crippen LogP contribution in [0.15, 0.2) is 36.7 Å². The molecule has 5 heteroatoms. The molecule has 1 heterocycles. The van der Waals surface area contributed by atoms with Gasteiger partial charge in [-0.15, -0.1) is 0 Å². The Bertz CT molecular complexity index is 783. The Hall–Kier alpha value is -2.14. The van der Waals surface area contributed by atoms with Gasteiger partial charge in [-0.05, 0) is 70.2 Å². The fraction of sp³-hybridized carbons (Fsp3) is 0.524. The van der Waals surface area contributed by atoms with E-state index in [1.165, 1.54) is 31.4 Å². The van der Waals surface area contributed by atoms with E-state index in [0.29, 0.717) is 17.5 Å². The minimum atomic E-state index is -0.0982. The normalized spacial score (nSPS) is 22.3. The Kier molecular flexibility index (Phi) is 4.35. The highest BCUT2D eigenvalue weighted by molar-refractivity contribution is 6.04. The number of anilines is 1. The molecule has 2 aromatic rings. The summed E-state index contributed by atoms with van der Waals surface area (Å²) in [5.41, 5.74) is 2.63. The quantitative estimate of drug-likeness (QED) is 0.832. The predicted molar refractivity (Wildman–Crippen MR) is 103 cm³/mol. The molecule has 1 aromatic heterocycles. The lowest BCUT2D eigenvalue weighted by molar-refractivity contribution is 0.102. The van der Waals surface area contributed by atoms with Gasteiger partial charge in [-0.1, -0.05) is 12.1 Å². The van der Waals surface area contributed by atoms with Crippen molar-refractivity contribution in [1.82, 2.24) is 15.1 Å². The number of nitrogens with one attached hydrogen (secondary N) is 2. The molecule has 0 bridgehead atoms. The van der Waals surface area contributed by atoms with Crippen LogP contribution in [0.5, 0.6) is 0 Å². The molecule has 2 fully saturated rings. The molecule has 2 saturated carbocycles. The summed E-state index contributed by atoms with van der Waals surface area (Å²) in [5, 5.41) is 10.9. The monoisotopic (exact) mass is 352 g/mol. The maximum Gasteiger partial charge on any atom is 0.255 e. The van der Waals surface area contributed by atoms with Crippen LogP contribution < -0.4 is 10.6 Å². The van der Waals surface area contributed by atoms with E-state index in [2.05, 4.69) is 48.6 Å². The summed E-state index contributed by atoms with van der Waals surface area (Å²) < 4.78 is 1.85. The maximum absolute atomic E-state index is 12.5. The Labute approximate surface area is 155 Å². The maximum atomic E-state index is 12.5. The zero-order valence-electron chi connectivity index (χ0n) is 15.8. The van der Waals surface area contributed by atoms with Crippen molar-refractivity contribution in [3.8, 4) is 0 Å². The molecule has 26 heavy (non-hydrogen) atoms. The number of benzene rings is 1. The smallest absolute Gasteiger partial charge is 0.255 e. The van der Waals surface area contributed by atoms with Gasteiger partial charge in [0.05, 0.1) is 17.4 Å². The minimum absolute atomic E-state index is 0.0933. The van der Waals surface area contributed by atoms with E-state index >= 15 is 0 Å². The number of carbonyl (C=O) groups is 1. The molecule has 2 aliphatic carbocycles. The molecular weight excluding hydrogens is 324 g/mol. The van der Waals surface area contributed by atoms with Crippen LogP contribution >= 0.6 is 0 Å². The van der Waals surface area contributed by atoms with Crippen molar-refractivity contribution in [3.05, 3.63) is 47.8 Å². The zero-order chi connectivity index (χ0) is 18.3. The molecule has 2 unspecified atom stereocenters. The first kappa shape index (κ1) is 17.3. The van der Waals surface area contributed by atoms with Crippen LogP contribution in [0.1, 0.15) is 61.9 Å². The lowest BCUT2D eigenvalue weighted by Crippen LogP contribution is -2.22. The van der Waals surface area contributed by atoms with Crippen molar-refractivity contribution in [2.24, 2.45) is 5.92 Å². The molecule has 2 atom stereocenters. The van der Waals surface area contributed by atoms with Gasteiger partial charge in [0.25, 0.3) is 5.91 Å². The van der Waals surface area contributed by atoms with Crippen molar-refractivity contribution >= 4 is 11.6 Å². The lowest BCUT2D eigenvalue weighted by Gasteiger charge is -2.18. The number of amides is 1. The van der Waals surface area contributed by atoms with E-state index in [0.717, 1.165) is 11.6 Å². The van der Waals surface area contributed by atoms with Gasteiger partial charge in [-0.2, -0.15) is 5.10 Å². The van der Waals surface area contributed by atoms with E-state index in [1.54, 1.807) is 6.20 Å². The van der Waals surface area contributed by atoms with Gasteiger partial charge >= 0.3 is 0 Å². The van der Waals surface area contributed by atoms with Crippen molar-refractivity contribution < 1.29 is 4.79 Å². The van der Waals surface area contributed by atoms with Crippen molar-refractivity contribution in [2.45, 2.75) is 57.5 Å². The largest absolute Gasteiger partial charge is 0.319 e. The molecule has 0 radical (unpaired) electrons. The number of hydrogen-bond acceptors (Lipinski definition) is 3. The number of rotatable bonds is 6. The average Bonchev–Trinajstić information content (AvgIpc) is 3.51. The van der Waals surface area contributed by atoms with Crippen molar-refractivity contribution in [3.63, 3.8) is 0 Å². The van der Waals surface area contributed by atoms with E-state index in [9.17, 15) is 4.79 Å². The van der Waals surface area contributed by atoms with Crippen LogP contribution in [0.2, 0.25) is 0 Å². The van der Waals surface area contributed by atoms with E-state index in [1.807, 2.05) is 23.0 Å². The summed E-state index contributed by atoms with van der Waals surface area (Å²) in [6.45, 7) is 7.41. The Morgan fingerprint density at radius 1 is 1.23 bits per heavy atom. The zero-order valence-corrected chi connectivity index (χ0v) is 15.8. The van der Waals surface area contributed by atoms with Gasteiger partial charge in [-0.3, -0.25) is 9.48 Å². The second-order valence-corrected chi connectivity index (χ2v) is 8.72. The summed E-state index contributed by atoms with van der Waals surface area (Å²) >= 11 is 0. The van der Waals surface area contributed by atoms with Gasteiger partial charge < -0.3 is 10.6 Å². The standard InChI is InChI=1S/C21H28N4O/c1-21(2,3)25-13-17(12-23-25)24-20(26)16-8-6-15(7-9-16)18-10-19(18)22-11-14-4-5-14/h6-9,12-14,18-19,22H,4-5,10-11H2,1-3H3,(H,24,26). The van der Waals surface area contributed by atoms with Crippen LogP contribution in [0.4, 0.5) is 5.69 Å². The fourth-order valence-corrected chi connectivity index (χ4v) is 3.27.